The van der Waals surface area contributed by atoms with Crippen LogP contribution in [0.4, 0.5) is 23.5 Å². The first-order valence-corrected chi connectivity index (χ1v) is 16.4. The SMILES string of the molecule is COC(=O)C(OC(=O)Cn1cnc2c(N3CCOCC3)nc(-c3cnc(N)nc3)nc21)n1cnc2c(N3CCOCC3)nc(-c3cnc(N)nc3)nc21. The molecule has 0 aromatic carbocycles. The number of aromatic nitrogens is 12. The minimum atomic E-state index is -1.61. The maximum atomic E-state index is 13.7. The largest absolute Gasteiger partial charge is 0.465 e. The Hall–Kier alpha value is -6.68. The van der Waals surface area contributed by atoms with Crippen molar-refractivity contribution in [2.45, 2.75) is 12.8 Å². The number of nitrogens with two attached hydrogens (primary N) is 2. The number of carbonyl (C=O) groups is 2. The average molecular weight is 725 g/mol. The van der Waals surface area contributed by atoms with Crippen molar-refractivity contribution < 1.29 is 28.5 Å². The zero-order valence-corrected chi connectivity index (χ0v) is 28.3. The fourth-order valence-corrected chi connectivity index (χ4v) is 5.89. The smallest absolute Gasteiger partial charge is 0.369 e. The summed E-state index contributed by atoms with van der Waals surface area (Å²) < 4.78 is 24.8. The molecule has 1 atom stereocenters. The number of nitrogen functional groups attached to an aromatic ring is 2. The van der Waals surface area contributed by atoms with E-state index in [2.05, 4.69) is 29.9 Å². The Labute approximate surface area is 299 Å². The normalized spacial score (nSPS) is 15.5. The lowest BCUT2D eigenvalue weighted by Gasteiger charge is -2.28. The molecule has 6 aromatic heterocycles. The first-order valence-electron chi connectivity index (χ1n) is 16.4. The Morgan fingerprint density at radius 2 is 1.21 bits per heavy atom. The molecular formula is C31H32N16O6. The summed E-state index contributed by atoms with van der Waals surface area (Å²) in [5, 5.41) is 0. The molecule has 272 valence electrons. The predicted octanol–water partition coefficient (Wildman–Crippen LogP) is -0.367. The topological polar surface area (TPSA) is 268 Å². The summed E-state index contributed by atoms with van der Waals surface area (Å²) in [7, 11) is 1.18. The molecule has 8 heterocycles. The molecule has 22 heteroatoms. The van der Waals surface area contributed by atoms with Crippen molar-refractivity contribution in [1.82, 2.24) is 59.0 Å². The van der Waals surface area contributed by atoms with E-state index in [0.717, 1.165) is 0 Å². The Kier molecular flexibility index (Phi) is 8.93. The Morgan fingerprint density at radius 1 is 0.717 bits per heavy atom. The van der Waals surface area contributed by atoms with E-state index < -0.39 is 18.2 Å². The van der Waals surface area contributed by atoms with Gasteiger partial charge in [0.05, 0.1) is 51.0 Å². The third kappa shape index (κ3) is 6.62. The highest BCUT2D eigenvalue weighted by Gasteiger charge is 2.31. The van der Waals surface area contributed by atoms with Gasteiger partial charge >= 0.3 is 11.9 Å². The fourth-order valence-electron chi connectivity index (χ4n) is 5.89. The highest BCUT2D eigenvalue weighted by Crippen LogP contribution is 2.31. The van der Waals surface area contributed by atoms with Gasteiger partial charge in [0, 0.05) is 51.0 Å². The van der Waals surface area contributed by atoms with E-state index in [-0.39, 0.29) is 29.9 Å². The summed E-state index contributed by atoms with van der Waals surface area (Å²) in [5.74, 6) is 0.0641. The van der Waals surface area contributed by atoms with Gasteiger partial charge in [-0.3, -0.25) is 9.36 Å². The molecule has 22 nitrogen and oxygen atoms in total. The van der Waals surface area contributed by atoms with Crippen molar-refractivity contribution in [2.75, 3.05) is 81.0 Å². The van der Waals surface area contributed by atoms with Gasteiger partial charge in [0.25, 0.3) is 6.23 Å². The van der Waals surface area contributed by atoms with Crippen LogP contribution >= 0.6 is 0 Å². The first kappa shape index (κ1) is 33.5. The highest BCUT2D eigenvalue weighted by atomic mass is 16.6. The number of esters is 2. The summed E-state index contributed by atoms with van der Waals surface area (Å²) in [6.45, 7) is 3.80. The molecule has 2 saturated heterocycles. The van der Waals surface area contributed by atoms with Gasteiger partial charge in [-0.05, 0) is 0 Å². The van der Waals surface area contributed by atoms with E-state index in [0.29, 0.717) is 97.9 Å². The highest BCUT2D eigenvalue weighted by molar-refractivity contribution is 5.89. The van der Waals surface area contributed by atoms with E-state index in [1.165, 1.54) is 53.7 Å². The van der Waals surface area contributed by atoms with Crippen LogP contribution in [0.1, 0.15) is 6.23 Å². The maximum absolute atomic E-state index is 13.7. The van der Waals surface area contributed by atoms with Crippen LogP contribution in [0.25, 0.3) is 45.1 Å². The van der Waals surface area contributed by atoms with Crippen LogP contribution < -0.4 is 21.3 Å². The Balaban J connectivity index is 1.15. The lowest BCUT2D eigenvalue weighted by atomic mass is 10.3. The van der Waals surface area contributed by atoms with E-state index in [9.17, 15) is 9.59 Å². The molecule has 2 aliphatic heterocycles. The quantitative estimate of drug-likeness (QED) is 0.180. The van der Waals surface area contributed by atoms with Gasteiger partial charge in [0.15, 0.2) is 45.6 Å². The van der Waals surface area contributed by atoms with Crippen LogP contribution in [-0.2, 0) is 35.1 Å². The number of carbonyl (C=O) groups excluding carboxylic acids is 2. The number of imidazole rings is 2. The summed E-state index contributed by atoms with van der Waals surface area (Å²) in [6, 6.07) is 0. The number of anilines is 4. The summed E-state index contributed by atoms with van der Waals surface area (Å²) in [6.07, 6.45) is 7.18. The molecule has 8 rings (SSSR count). The van der Waals surface area contributed by atoms with Crippen LogP contribution in [0.2, 0.25) is 0 Å². The lowest BCUT2D eigenvalue weighted by Crippen LogP contribution is -2.37. The van der Waals surface area contributed by atoms with Crippen molar-refractivity contribution in [3.8, 4) is 22.8 Å². The van der Waals surface area contributed by atoms with Crippen molar-refractivity contribution in [3.63, 3.8) is 0 Å². The fraction of sp³-hybridized carbons (Fsp3) is 0.355. The molecule has 53 heavy (non-hydrogen) atoms. The molecule has 4 N–H and O–H groups in total. The number of hydrogen-bond acceptors (Lipinski definition) is 20. The average Bonchev–Trinajstić information content (AvgIpc) is 3.81. The summed E-state index contributed by atoms with van der Waals surface area (Å²) >= 11 is 0. The zero-order valence-electron chi connectivity index (χ0n) is 28.3. The Morgan fingerprint density at radius 3 is 1.74 bits per heavy atom. The number of fused-ring (bicyclic) bond motifs is 2. The third-order valence-corrected chi connectivity index (χ3v) is 8.53. The second kappa shape index (κ2) is 14.1. The van der Waals surface area contributed by atoms with Crippen LogP contribution in [0.3, 0.4) is 0 Å². The van der Waals surface area contributed by atoms with E-state index >= 15 is 0 Å². The van der Waals surface area contributed by atoms with Gasteiger partial charge in [-0.1, -0.05) is 0 Å². The second-order valence-electron chi connectivity index (χ2n) is 11.8. The first-order chi connectivity index (χ1) is 25.9. The van der Waals surface area contributed by atoms with Crippen molar-refractivity contribution in [1.29, 1.82) is 0 Å². The molecule has 2 fully saturated rings. The molecule has 2 aliphatic rings. The maximum Gasteiger partial charge on any atom is 0.369 e. The minimum Gasteiger partial charge on any atom is -0.465 e. The van der Waals surface area contributed by atoms with Gasteiger partial charge in [-0.2, -0.15) is 0 Å². The number of rotatable bonds is 9. The van der Waals surface area contributed by atoms with Gasteiger partial charge < -0.3 is 44.8 Å². The molecule has 0 radical (unpaired) electrons. The lowest BCUT2D eigenvalue weighted by molar-refractivity contribution is -0.173. The van der Waals surface area contributed by atoms with Gasteiger partial charge in [-0.25, -0.2) is 54.6 Å². The minimum absolute atomic E-state index is 0.0795. The summed E-state index contributed by atoms with van der Waals surface area (Å²) in [4.78, 5) is 75.4. The number of methoxy groups -OCH3 is 1. The number of hydrogen-bond donors (Lipinski definition) is 2. The number of ether oxygens (including phenoxy) is 4. The van der Waals surface area contributed by atoms with Crippen LogP contribution in [-0.4, -0.2) is 131 Å². The van der Waals surface area contributed by atoms with Gasteiger partial charge in [-0.15, -0.1) is 0 Å². The molecule has 0 amide bonds. The van der Waals surface area contributed by atoms with Crippen molar-refractivity contribution in [3.05, 3.63) is 37.4 Å². The zero-order chi connectivity index (χ0) is 36.5. The Bertz CT molecular complexity index is 2280. The molecule has 6 aromatic rings. The third-order valence-electron chi connectivity index (χ3n) is 8.53. The van der Waals surface area contributed by atoms with E-state index in [4.69, 9.17) is 50.4 Å². The van der Waals surface area contributed by atoms with Crippen LogP contribution in [0.5, 0.6) is 0 Å². The van der Waals surface area contributed by atoms with Crippen molar-refractivity contribution in [2.24, 2.45) is 0 Å². The van der Waals surface area contributed by atoms with Gasteiger partial charge in [0.1, 0.15) is 12.9 Å². The van der Waals surface area contributed by atoms with Crippen LogP contribution in [0.15, 0.2) is 37.4 Å². The monoisotopic (exact) mass is 724 g/mol. The number of morpholine rings is 2. The molecule has 0 bridgehead atoms. The molecule has 0 aliphatic carbocycles. The standard InChI is InChI=1S/C31H32N16O6/c1-50-29(49)28(47-16-39-21-25(45-4-8-52-9-5-45)41-23(43-27(21)47)18-12-36-31(33)37-13-18)53-19(48)14-46-15-38-20-24(44-2-6-51-7-3-44)40-22(42-26(20)46)17-10-34-30(32)35-11-17/h10-13,15-16,28H,2-9,14H2,1H3,(H2,32,34,35)(H2,33,36,37). The van der Waals surface area contributed by atoms with E-state index in [1.54, 1.807) is 0 Å². The molecule has 0 spiro atoms. The van der Waals surface area contributed by atoms with E-state index in [1.807, 2.05) is 9.80 Å². The van der Waals surface area contributed by atoms with Crippen LogP contribution in [0, 0.1) is 0 Å². The van der Waals surface area contributed by atoms with Crippen molar-refractivity contribution >= 4 is 57.8 Å². The molecule has 0 saturated carbocycles. The van der Waals surface area contributed by atoms with Gasteiger partial charge in [0.2, 0.25) is 11.9 Å². The molecule has 1 unspecified atom stereocenters. The predicted molar refractivity (Wildman–Crippen MR) is 185 cm³/mol. The summed E-state index contributed by atoms with van der Waals surface area (Å²) in [5.41, 5.74) is 13.8. The second-order valence-corrected chi connectivity index (χ2v) is 11.8. The molecular weight excluding hydrogens is 692 g/mol. The number of nitrogens with zero attached hydrogens (tertiary/aromatic N) is 14.